The summed E-state index contributed by atoms with van der Waals surface area (Å²) in [6.45, 7) is 3.33. The van der Waals surface area contributed by atoms with Gasteiger partial charge in [0.15, 0.2) is 0 Å². The molecule has 0 radical (unpaired) electrons. The molecule has 3 N–H and O–H groups in total. The van der Waals surface area contributed by atoms with Crippen molar-refractivity contribution in [2.45, 2.75) is 24.0 Å². The third kappa shape index (κ3) is 5.00. The minimum Gasteiger partial charge on any atom is -0.353 e. The van der Waals surface area contributed by atoms with Gasteiger partial charge in [-0.1, -0.05) is 42.5 Å². The first-order valence-electron chi connectivity index (χ1n) is 10.2. The van der Waals surface area contributed by atoms with Crippen LogP contribution in [0.3, 0.4) is 0 Å². The minimum absolute atomic E-state index is 0.0202. The number of hydrogen-bond donors (Lipinski definition) is 2. The molecular formula is C22H22F3N5O2S. The maximum atomic E-state index is 13.8. The first-order chi connectivity index (χ1) is 15.5. The van der Waals surface area contributed by atoms with Crippen molar-refractivity contribution < 1.29 is 21.6 Å². The summed E-state index contributed by atoms with van der Waals surface area (Å²) in [5, 5.41) is 8.56. The second-order valence-corrected chi connectivity index (χ2v) is 9.39. The zero-order valence-corrected chi connectivity index (χ0v) is 18.5. The van der Waals surface area contributed by atoms with Crippen LogP contribution in [0.25, 0.3) is 22.4 Å². The molecule has 1 saturated heterocycles. The standard InChI is InChI=1S/C22H22F3N5O2S/c1-14-13-30(11-10-27-14)20-18(16-8-5-9-17(12-16)33(26,31)32)19(15-6-3-2-4-7-15)28-21(29-20)22(23,24)25/h2-9,12,14,27H,10-11,13H2,1H3,(H2,26,31,32). The van der Waals surface area contributed by atoms with Gasteiger partial charge in [-0.25, -0.2) is 23.5 Å². The third-order valence-corrected chi connectivity index (χ3v) is 6.22. The van der Waals surface area contributed by atoms with Gasteiger partial charge < -0.3 is 10.2 Å². The Balaban J connectivity index is 2.06. The summed E-state index contributed by atoms with van der Waals surface area (Å²) in [4.78, 5) is 9.45. The molecule has 174 valence electrons. The van der Waals surface area contributed by atoms with Crippen molar-refractivity contribution in [3.63, 3.8) is 0 Å². The summed E-state index contributed by atoms with van der Waals surface area (Å²) in [6, 6.07) is 14.2. The fraction of sp³-hybridized carbons (Fsp3) is 0.273. The van der Waals surface area contributed by atoms with Crippen molar-refractivity contribution in [1.82, 2.24) is 15.3 Å². The molecular weight excluding hydrogens is 455 g/mol. The smallest absolute Gasteiger partial charge is 0.353 e. The number of halogens is 3. The molecule has 33 heavy (non-hydrogen) atoms. The number of nitrogens with one attached hydrogen (secondary N) is 1. The SMILES string of the molecule is CC1CN(c2nc(C(F)(F)F)nc(-c3ccccc3)c2-c2cccc(S(N)(=O)=O)c2)CCN1. The Labute approximate surface area is 189 Å². The summed E-state index contributed by atoms with van der Waals surface area (Å²) in [5.41, 5.74) is 1.18. The highest BCUT2D eigenvalue weighted by atomic mass is 32.2. The van der Waals surface area contributed by atoms with Crippen LogP contribution in [0.1, 0.15) is 12.7 Å². The highest BCUT2D eigenvalue weighted by molar-refractivity contribution is 7.89. The molecule has 0 amide bonds. The van der Waals surface area contributed by atoms with Crippen LogP contribution in [-0.4, -0.2) is 44.1 Å². The topological polar surface area (TPSA) is 101 Å². The van der Waals surface area contributed by atoms with E-state index in [2.05, 4.69) is 15.3 Å². The molecule has 1 aromatic heterocycles. The van der Waals surface area contributed by atoms with Crippen LogP contribution in [0, 0.1) is 0 Å². The Hall–Kier alpha value is -3.02. The van der Waals surface area contributed by atoms with E-state index in [1.807, 2.05) is 6.92 Å². The van der Waals surface area contributed by atoms with E-state index in [1.165, 1.54) is 18.2 Å². The van der Waals surface area contributed by atoms with Gasteiger partial charge in [0, 0.05) is 31.2 Å². The molecule has 3 aromatic rings. The Kier molecular flexibility index (Phi) is 6.12. The van der Waals surface area contributed by atoms with Crippen LogP contribution in [0.4, 0.5) is 19.0 Å². The van der Waals surface area contributed by atoms with E-state index in [4.69, 9.17) is 5.14 Å². The first-order valence-corrected chi connectivity index (χ1v) is 11.7. The Morgan fingerprint density at radius 2 is 1.76 bits per heavy atom. The number of primary sulfonamides is 1. The highest BCUT2D eigenvalue weighted by Crippen LogP contribution is 2.41. The summed E-state index contributed by atoms with van der Waals surface area (Å²) < 4.78 is 65.4. The zero-order valence-electron chi connectivity index (χ0n) is 17.7. The maximum absolute atomic E-state index is 13.8. The monoisotopic (exact) mass is 477 g/mol. The number of anilines is 1. The lowest BCUT2D eigenvalue weighted by Gasteiger charge is -2.34. The van der Waals surface area contributed by atoms with Gasteiger partial charge in [-0.3, -0.25) is 0 Å². The molecule has 0 aliphatic carbocycles. The molecule has 2 aromatic carbocycles. The molecule has 4 rings (SSSR count). The van der Waals surface area contributed by atoms with Gasteiger partial charge in [0.25, 0.3) is 0 Å². The number of hydrogen-bond acceptors (Lipinski definition) is 6. The second kappa shape index (κ2) is 8.73. The lowest BCUT2D eigenvalue weighted by molar-refractivity contribution is -0.144. The molecule has 1 unspecified atom stereocenters. The number of benzene rings is 2. The van der Waals surface area contributed by atoms with Gasteiger partial charge in [-0.05, 0) is 24.6 Å². The van der Waals surface area contributed by atoms with E-state index in [0.717, 1.165) is 0 Å². The van der Waals surface area contributed by atoms with Gasteiger partial charge in [0.05, 0.1) is 16.2 Å². The number of aromatic nitrogens is 2. The molecule has 1 aliphatic heterocycles. The van der Waals surface area contributed by atoms with E-state index in [-0.39, 0.29) is 22.4 Å². The van der Waals surface area contributed by atoms with E-state index in [1.54, 1.807) is 41.3 Å². The summed E-state index contributed by atoms with van der Waals surface area (Å²) in [6.07, 6.45) is -4.76. The molecule has 1 fully saturated rings. The molecule has 0 spiro atoms. The molecule has 1 aliphatic rings. The number of nitrogens with two attached hydrogens (primary N) is 1. The number of alkyl halides is 3. The highest BCUT2D eigenvalue weighted by Gasteiger charge is 2.38. The lowest BCUT2D eigenvalue weighted by Crippen LogP contribution is -2.49. The van der Waals surface area contributed by atoms with Crippen LogP contribution in [0.2, 0.25) is 0 Å². The van der Waals surface area contributed by atoms with Crippen molar-refractivity contribution in [2.24, 2.45) is 5.14 Å². The zero-order chi connectivity index (χ0) is 23.8. The predicted octanol–water partition coefficient (Wildman–Crippen LogP) is 3.27. The maximum Gasteiger partial charge on any atom is 0.451 e. The first kappa shape index (κ1) is 23.1. The van der Waals surface area contributed by atoms with Crippen molar-refractivity contribution in [1.29, 1.82) is 0 Å². The molecule has 11 heteroatoms. The normalized spacial score (nSPS) is 17.2. The Morgan fingerprint density at radius 1 is 1.06 bits per heavy atom. The molecule has 7 nitrogen and oxygen atoms in total. The number of piperazine rings is 1. The van der Waals surface area contributed by atoms with Crippen molar-refractivity contribution in [2.75, 3.05) is 24.5 Å². The van der Waals surface area contributed by atoms with Crippen LogP contribution < -0.4 is 15.4 Å². The number of rotatable bonds is 4. The molecule has 0 saturated carbocycles. The minimum atomic E-state index is -4.76. The largest absolute Gasteiger partial charge is 0.451 e. The van der Waals surface area contributed by atoms with Crippen molar-refractivity contribution >= 4 is 15.8 Å². The fourth-order valence-corrected chi connectivity index (χ4v) is 4.39. The number of nitrogens with zero attached hydrogens (tertiary/aromatic N) is 3. The molecule has 0 bridgehead atoms. The quantitative estimate of drug-likeness (QED) is 0.598. The van der Waals surface area contributed by atoms with E-state index < -0.39 is 22.0 Å². The van der Waals surface area contributed by atoms with Crippen LogP contribution >= 0.6 is 0 Å². The molecule has 1 atom stereocenters. The Morgan fingerprint density at radius 3 is 2.39 bits per heavy atom. The summed E-state index contributed by atoms with van der Waals surface area (Å²) in [5.74, 6) is -1.16. The van der Waals surface area contributed by atoms with Crippen LogP contribution in [-0.2, 0) is 16.2 Å². The molecule has 2 heterocycles. The average molecular weight is 478 g/mol. The Bertz CT molecular complexity index is 1270. The van der Waals surface area contributed by atoms with Crippen LogP contribution in [0.15, 0.2) is 59.5 Å². The van der Waals surface area contributed by atoms with E-state index in [9.17, 15) is 21.6 Å². The average Bonchev–Trinajstić information content (AvgIpc) is 2.78. The van der Waals surface area contributed by atoms with E-state index >= 15 is 0 Å². The fourth-order valence-electron chi connectivity index (χ4n) is 3.83. The van der Waals surface area contributed by atoms with Crippen molar-refractivity contribution in [3.8, 4) is 22.4 Å². The third-order valence-electron chi connectivity index (χ3n) is 5.31. The van der Waals surface area contributed by atoms with Gasteiger partial charge in [0.2, 0.25) is 15.8 Å². The van der Waals surface area contributed by atoms with Crippen molar-refractivity contribution in [3.05, 3.63) is 60.4 Å². The lowest BCUT2D eigenvalue weighted by atomic mass is 9.98. The summed E-state index contributed by atoms with van der Waals surface area (Å²) >= 11 is 0. The van der Waals surface area contributed by atoms with E-state index in [0.29, 0.717) is 36.3 Å². The second-order valence-electron chi connectivity index (χ2n) is 7.83. The summed E-state index contributed by atoms with van der Waals surface area (Å²) in [7, 11) is -4.03. The van der Waals surface area contributed by atoms with Gasteiger partial charge >= 0.3 is 6.18 Å². The predicted molar refractivity (Wildman–Crippen MR) is 119 cm³/mol. The van der Waals surface area contributed by atoms with Gasteiger partial charge in [-0.15, -0.1) is 0 Å². The van der Waals surface area contributed by atoms with Gasteiger partial charge in [-0.2, -0.15) is 13.2 Å². The van der Waals surface area contributed by atoms with Gasteiger partial charge in [0.1, 0.15) is 5.82 Å². The number of sulfonamides is 1. The van der Waals surface area contributed by atoms with Crippen LogP contribution in [0.5, 0.6) is 0 Å².